The minimum atomic E-state index is -0.107. The molecule has 1 aromatic heterocycles. The molecular weight excluding hydrogens is 252 g/mol. The van der Waals surface area contributed by atoms with Gasteiger partial charge in [0.2, 0.25) is 5.91 Å². The third-order valence-corrected chi connectivity index (χ3v) is 2.56. The van der Waals surface area contributed by atoms with Gasteiger partial charge in [0, 0.05) is 24.0 Å². The maximum atomic E-state index is 10.9. The topological polar surface area (TPSA) is 77.8 Å². The Balaban J connectivity index is 2.16. The number of hydrogen-bond donors (Lipinski definition) is 2. The van der Waals surface area contributed by atoms with Crippen LogP contribution in [0.15, 0.2) is 36.4 Å². The Morgan fingerprint density at radius 3 is 2.45 bits per heavy atom. The predicted octanol–water partition coefficient (Wildman–Crippen LogP) is 2.96. The van der Waals surface area contributed by atoms with Crippen molar-refractivity contribution in [2.24, 2.45) is 0 Å². The van der Waals surface area contributed by atoms with Gasteiger partial charge in [-0.2, -0.15) is 5.26 Å². The van der Waals surface area contributed by atoms with Crippen molar-refractivity contribution in [3.63, 3.8) is 0 Å². The Morgan fingerprint density at radius 1 is 1.20 bits per heavy atom. The molecule has 5 heteroatoms. The van der Waals surface area contributed by atoms with E-state index >= 15 is 0 Å². The highest BCUT2D eigenvalue weighted by molar-refractivity contribution is 5.88. The summed E-state index contributed by atoms with van der Waals surface area (Å²) in [6, 6.07) is 12.8. The molecule has 0 unspecified atom stereocenters. The molecule has 5 nitrogen and oxygen atoms in total. The quantitative estimate of drug-likeness (QED) is 0.895. The van der Waals surface area contributed by atoms with Crippen LogP contribution in [0.3, 0.4) is 0 Å². The SMILES string of the molecule is CC(=O)Nc1ccc(Nc2cc(C#N)cc(C)n2)cc1. The number of carbonyl (C=O) groups excluding carboxylic acids is 1. The van der Waals surface area contributed by atoms with Crippen molar-refractivity contribution in [3.05, 3.63) is 47.7 Å². The van der Waals surface area contributed by atoms with Crippen molar-refractivity contribution in [1.82, 2.24) is 4.98 Å². The minimum Gasteiger partial charge on any atom is -0.340 e. The number of aryl methyl sites for hydroxylation is 1. The summed E-state index contributed by atoms with van der Waals surface area (Å²) in [5.41, 5.74) is 2.91. The molecule has 20 heavy (non-hydrogen) atoms. The zero-order chi connectivity index (χ0) is 14.5. The Hall–Kier alpha value is -2.87. The van der Waals surface area contributed by atoms with Crippen LogP contribution in [-0.2, 0) is 4.79 Å². The summed E-state index contributed by atoms with van der Waals surface area (Å²) < 4.78 is 0. The van der Waals surface area contributed by atoms with Crippen LogP contribution >= 0.6 is 0 Å². The number of hydrogen-bond acceptors (Lipinski definition) is 4. The molecule has 1 heterocycles. The lowest BCUT2D eigenvalue weighted by Gasteiger charge is -2.08. The highest BCUT2D eigenvalue weighted by Gasteiger charge is 2.01. The van der Waals surface area contributed by atoms with Gasteiger partial charge in [0.25, 0.3) is 0 Å². The highest BCUT2D eigenvalue weighted by atomic mass is 16.1. The number of carbonyl (C=O) groups is 1. The van der Waals surface area contributed by atoms with E-state index in [1.54, 1.807) is 24.3 Å². The molecule has 0 bridgehead atoms. The molecule has 100 valence electrons. The fraction of sp³-hybridized carbons (Fsp3) is 0.133. The minimum absolute atomic E-state index is 0.107. The lowest BCUT2D eigenvalue weighted by atomic mass is 10.2. The van der Waals surface area contributed by atoms with E-state index in [4.69, 9.17) is 5.26 Å². The zero-order valence-corrected chi connectivity index (χ0v) is 11.3. The van der Waals surface area contributed by atoms with E-state index < -0.39 is 0 Å². The van der Waals surface area contributed by atoms with Gasteiger partial charge in [-0.25, -0.2) is 4.98 Å². The van der Waals surface area contributed by atoms with Crippen molar-refractivity contribution in [1.29, 1.82) is 5.26 Å². The van der Waals surface area contributed by atoms with Crippen LogP contribution in [-0.4, -0.2) is 10.9 Å². The van der Waals surface area contributed by atoms with Crippen molar-refractivity contribution in [2.75, 3.05) is 10.6 Å². The molecule has 1 amide bonds. The Labute approximate surface area is 117 Å². The molecule has 0 aliphatic carbocycles. The average molecular weight is 266 g/mol. The van der Waals surface area contributed by atoms with Crippen molar-refractivity contribution in [2.45, 2.75) is 13.8 Å². The van der Waals surface area contributed by atoms with Crippen molar-refractivity contribution >= 4 is 23.1 Å². The smallest absolute Gasteiger partial charge is 0.221 e. The van der Waals surface area contributed by atoms with E-state index in [0.29, 0.717) is 11.4 Å². The van der Waals surface area contributed by atoms with Gasteiger partial charge in [-0.3, -0.25) is 4.79 Å². The number of anilines is 3. The molecule has 2 rings (SSSR count). The van der Waals surface area contributed by atoms with Gasteiger partial charge in [0.05, 0.1) is 11.6 Å². The normalized spacial score (nSPS) is 9.65. The van der Waals surface area contributed by atoms with E-state index in [0.717, 1.165) is 17.1 Å². The van der Waals surface area contributed by atoms with Gasteiger partial charge < -0.3 is 10.6 Å². The Morgan fingerprint density at radius 2 is 1.85 bits per heavy atom. The number of nitrogens with zero attached hydrogens (tertiary/aromatic N) is 2. The molecule has 0 atom stereocenters. The molecule has 0 aliphatic heterocycles. The largest absolute Gasteiger partial charge is 0.340 e. The maximum absolute atomic E-state index is 10.9. The van der Waals surface area contributed by atoms with Crippen molar-refractivity contribution in [3.8, 4) is 6.07 Å². The number of rotatable bonds is 3. The van der Waals surface area contributed by atoms with Crippen LogP contribution in [0.2, 0.25) is 0 Å². The van der Waals surface area contributed by atoms with Gasteiger partial charge >= 0.3 is 0 Å². The first-order chi connectivity index (χ1) is 9.56. The number of benzene rings is 1. The zero-order valence-electron chi connectivity index (χ0n) is 11.3. The second-order valence-corrected chi connectivity index (χ2v) is 4.38. The molecule has 2 N–H and O–H groups in total. The number of amides is 1. The summed E-state index contributed by atoms with van der Waals surface area (Å²) >= 11 is 0. The number of aromatic nitrogens is 1. The summed E-state index contributed by atoms with van der Waals surface area (Å²) in [5.74, 6) is 0.513. The van der Waals surface area contributed by atoms with Crippen LogP contribution in [0, 0.1) is 18.3 Å². The van der Waals surface area contributed by atoms with Crippen LogP contribution in [0.4, 0.5) is 17.2 Å². The van der Waals surface area contributed by atoms with Crippen molar-refractivity contribution < 1.29 is 4.79 Å². The van der Waals surface area contributed by atoms with Gasteiger partial charge in [0.15, 0.2) is 0 Å². The molecule has 0 radical (unpaired) electrons. The summed E-state index contributed by atoms with van der Waals surface area (Å²) in [4.78, 5) is 15.2. The Bertz CT molecular complexity index is 671. The molecule has 0 saturated heterocycles. The summed E-state index contributed by atoms with van der Waals surface area (Å²) in [7, 11) is 0. The monoisotopic (exact) mass is 266 g/mol. The fourth-order valence-electron chi connectivity index (χ4n) is 1.79. The van der Waals surface area contributed by atoms with Gasteiger partial charge in [-0.15, -0.1) is 0 Å². The molecule has 0 saturated carbocycles. The third-order valence-electron chi connectivity index (χ3n) is 2.56. The van der Waals surface area contributed by atoms with E-state index in [9.17, 15) is 4.79 Å². The standard InChI is InChI=1S/C15H14N4O/c1-10-7-12(9-16)8-15(17-10)19-14-5-3-13(4-6-14)18-11(2)20/h3-8H,1-2H3,(H,17,19)(H,18,20). The first kappa shape index (κ1) is 13.6. The highest BCUT2D eigenvalue weighted by Crippen LogP contribution is 2.18. The predicted molar refractivity (Wildman–Crippen MR) is 77.7 cm³/mol. The van der Waals surface area contributed by atoms with Crippen LogP contribution in [0.25, 0.3) is 0 Å². The van der Waals surface area contributed by atoms with Gasteiger partial charge in [0.1, 0.15) is 5.82 Å². The molecule has 1 aromatic carbocycles. The van der Waals surface area contributed by atoms with E-state index in [1.807, 2.05) is 19.1 Å². The number of pyridine rings is 1. The first-order valence-electron chi connectivity index (χ1n) is 6.10. The lowest BCUT2D eigenvalue weighted by molar-refractivity contribution is -0.114. The molecule has 0 spiro atoms. The fourth-order valence-corrected chi connectivity index (χ4v) is 1.79. The molecular formula is C15H14N4O. The first-order valence-corrected chi connectivity index (χ1v) is 6.10. The number of nitrogens with one attached hydrogen (secondary N) is 2. The van der Waals surface area contributed by atoms with Crippen LogP contribution < -0.4 is 10.6 Å². The summed E-state index contributed by atoms with van der Waals surface area (Å²) in [5, 5.41) is 14.8. The van der Waals surface area contributed by atoms with E-state index in [2.05, 4.69) is 21.7 Å². The van der Waals surface area contributed by atoms with E-state index in [-0.39, 0.29) is 5.91 Å². The molecule has 0 aliphatic rings. The van der Waals surface area contributed by atoms with Crippen LogP contribution in [0.1, 0.15) is 18.2 Å². The third kappa shape index (κ3) is 3.56. The lowest BCUT2D eigenvalue weighted by Crippen LogP contribution is -2.05. The number of nitriles is 1. The Kier molecular flexibility index (Phi) is 3.96. The summed E-state index contributed by atoms with van der Waals surface area (Å²) in [6.45, 7) is 3.30. The second kappa shape index (κ2) is 5.85. The molecule has 2 aromatic rings. The average Bonchev–Trinajstić information content (AvgIpc) is 2.39. The van der Waals surface area contributed by atoms with E-state index in [1.165, 1.54) is 6.92 Å². The summed E-state index contributed by atoms with van der Waals surface area (Å²) in [6.07, 6.45) is 0. The molecule has 0 fully saturated rings. The second-order valence-electron chi connectivity index (χ2n) is 4.38. The van der Waals surface area contributed by atoms with Gasteiger partial charge in [-0.1, -0.05) is 0 Å². The maximum Gasteiger partial charge on any atom is 0.221 e. The van der Waals surface area contributed by atoms with Crippen LogP contribution in [0.5, 0.6) is 0 Å². The van der Waals surface area contributed by atoms with Gasteiger partial charge in [-0.05, 0) is 43.3 Å².